The Bertz CT molecular complexity index is 1530. The third-order valence-corrected chi connectivity index (χ3v) is 6.91. The Balaban J connectivity index is 1.55. The van der Waals surface area contributed by atoms with Gasteiger partial charge in [-0.3, -0.25) is 24.1 Å². The van der Waals surface area contributed by atoms with Crippen molar-refractivity contribution in [3.05, 3.63) is 56.5 Å². The summed E-state index contributed by atoms with van der Waals surface area (Å²) in [7, 11) is -2.13. The highest BCUT2D eigenvalue weighted by Crippen LogP contribution is 2.22. The first-order valence-corrected chi connectivity index (χ1v) is 12.2. The van der Waals surface area contributed by atoms with Crippen molar-refractivity contribution in [3.63, 3.8) is 0 Å². The second-order valence-corrected chi connectivity index (χ2v) is 9.54. The van der Waals surface area contributed by atoms with Gasteiger partial charge in [0.15, 0.2) is 11.2 Å². The van der Waals surface area contributed by atoms with Gasteiger partial charge in [-0.2, -0.15) is 0 Å². The minimum atomic E-state index is -3.73. The van der Waals surface area contributed by atoms with Crippen LogP contribution in [0.15, 0.2) is 43.7 Å². The lowest BCUT2D eigenvalue weighted by Crippen LogP contribution is -2.31. The predicted molar refractivity (Wildman–Crippen MR) is 123 cm³/mol. The molecule has 3 aromatic rings. The van der Waals surface area contributed by atoms with Gasteiger partial charge in [-0.1, -0.05) is 25.5 Å². The Kier molecular flexibility index (Phi) is 6.13. The van der Waals surface area contributed by atoms with Crippen molar-refractivity contribution in [1.29, 1.82) is 0 Å². The van der Waals surface area contributed by atoms with E-state index in [9.17, 15) is 22.8 Å². The maximum Gasteiger partial charge on any atom is 0.331 e. The number of ether oxygens (including phenoxy) is 1. The molecule has 0 saturated carbocycles. The number of amidine groups is 1. The van der Waals surface area contributed by atoms with Crippen molar-refractivity contribution in [2.24, 2.45) is 12.0 Å². The van der Waals surface area contributed by atoms with Gasteiger partial charge in [-0.05, 0) is 25.5 Å². The van der Waals surface area contributed by atoms with E-state index < -0.39 is 33.3 Å². The maximum absolute atomic E-state index is 12.6. The number of imidazole rings is 1. The number of rotatable bonds is 7. The van der Waals surface area contributed by atoms with Crippen LogP contribution in [0, 0.1) is 0 Å². The molecule has 1 aliphatic heterocycles. The van der Waals surface area contributed by atoms with Crippen molar-refractivity contribution in [1.82, 2.24) is 23.8 Å². The summed E-state index contributed by atoms with van der Waals surface area (Å²) in [5.41, 5.74) is -0.321. The largest absolute Gasteiger partial charge is 0.456 e. The average molecular weight is 489 g/mol. The lowest BCUT2D eigenvalue weighted by atomic mass is 10.2. The number of aliphatic imine (C=N–C) groups is 1. The normalized spacial score (nSPS) is 16.4. The summed E-state index contributed by atoms with van der Waals surface area (Å²) in [6, 6.07) is 5.32. The molecule has 12 nitrogen and oxygen atoms in total. The Labute approximate surface area is 194 Å². The first-order chi connectivity index (χ1) is 16.1. The number of sulfonamides is 1. The topological polar surface area (TPSA) is 158 Å². The third-order valence-electron chi connectivity index (χ3n) is 5.51. The molecule has 4 rings (SSSR count). The number of hydrogen-bond donors (Lipinski definition) is 2. The fourth-order valence-electron chi connectivity index (χ4n) is 3.68. The molecule has 0 saturated heterocycles. The van der Waals surface area contributed by atoms with Gasteiger partial charge in [-0.25, -0.2) is 23.0 Å². The number of aryl methyl sites for hydroxylation is 2. The molecule has 0 spiro atoms. The third kappa shape index (κ3) is 4.14. The van der Waals surface area contributed by atoms with Gasteiger partial charge in [0.25, 0.3) is 15.6 Å². The van der Waals surface area contributed by atoms with Crippen LogP contribution in [0.25, 0.3) is 11.2 Å². The molecule has 13 heteroatoms. The Morgan fingerprint density at radius 2 is 2.00 bits per heavy atom. The minimum Gasteiger partial charge on any atom is -0.456 e. The molecule has 0 radical (unpaired) electrons. The average Bonchev–Trinajstić information content (AvgIpc) is 3.25. The quantitative estimate of drug-likeness (QED) is 0.456. The van der Waals surface area contributed by atoms with Gasteiger partial charge >= 0.3 is 11.7 Å². The second kappa shape index (κ2) is 8.89. The zero-order valence-electron chi connectivity index (χ0n) is 18.9. The smallest absolute Gasteiger partial charge is 0.331 e. The van der Waals surface area contributed by atoms with E-state index in [0.29, 0.717) is 12.1 Å². The molecule has 0 bridgehead atoms. The number of H-pyrrole nitrogens is 1. The SMILES string of the molecule is CCCCn1c(=O)[nH]c(=O)c2c1nc(COC(=O)[C@H](C)N=C1NS(=O)(=O)c3ccccc31)n2C. The number of esters is 1. The molecule has 2 N–H and O–H groups in total. The molecule has 1 atom stereocenters. The van der Waals surface area contributed by atoms with E-state index in [1.807, 2.05) is 6.92 Å². The van der Waals surface area contributed by atoms with Crippen molar-refractivity contribution < 1.29 is 17.9 Å². The number of nitrogens with zero attached hydrogens (tertiary/aromatic N) is 4. The highest BCUT2D eigenvalue weighted by atomic mass is 32.2. The van der Waals surface area contributed by atoms with Crippen LogP contribution in [0.5, 0.6) is 0 Å². The first-order valence-electron chi connectivity index (χ1n) is 10.7. The molecular formula is C21H24N6O6S. The number of fused-ring (bicyclic) bond motifs is 2. The summed E-state index contributed by atoms with van der Waals surface area (Å²) < 4.78 is 35.0. The number of unbranched alkanes of at least 4 members (excludes halogenated alkanes) is 1. The van der Waals surface area contributed by atoms with E-state index in [-0.39, 0.29) is 34.3 Å². The van der Waals surface area contributed by atoms with E-state index in [1.165, 1.54) is 22.1 Å². The lowest BCUT2D eigenvalue weighted by Gasteiger charge is -2.09. The molecule has 0 fully saturated rings. The van der Waals surface area contributed by atoms with Crippen LogP contribution >= 0.6 is 0 Å². The van der Waals surface area contributed by atoms with Gasteiger partial charge in [-0.15, -0.1) is 0 Å². The van der Waals surface area contributed by atoms with Crippen LogP contribution in [-0.2, 0) is 39.8 Å². The van der Waals surface area contributed by atoms with Crippen LogP contribution in [0.1, 0.15) is 38.1 Å². The van der Waals surface area contributed by atoms with Gasteiger partial charge in [0.1, 0.15) is 24.3 Å². The molecule has 1 aliphatic rings. The fourth-order valence-corrected chi connectivity index (χ4v) is 4.92. The number of carbonyl (C=O) groups is 1. The van der Waals surface area contributed by atoms with Crippen LogP contribution in [0.4, 0.5) is 0 Å². The van der Waals surface area contributed by atoms with E-state index in [2.05, 4.69) is 19.7 Å². The van der Waals surface area contributed by atoms with Crippen LogP contribution in [0.3, 0.4) is 0 Å². The highest BCUT2D eigenvalue weighted by molar-refractivity contribution is 7.90. The molecule has 1 aromatic carbocycles. The monoisotopic (exact) mass is 488 g/mol. The fraction of sp³-hybridized carbons (Fsp3) is 0.381. The molecule has 0 amide bonds. The zero-order valence-corrected chi connectivity index (χ0v) is 19.7. The van der Waals surface area contributed by atoms with Gasteiger partial charge in [0.05, 0.1) is 4.90 Å². The summed E-state index contributed by atoms with van der Waals surface area (Å²) in [5, 5.41) is 0. The Hall–Kier alpha value is -3.74. The molecule has 180 valence electrons. The number of aromatic nitrogens is 4. The molecule has 34 heavy (non-hydrogen) atoms. The van der Waals surface area contributed by atoms with Crippen molar-refractivity contribution >= 4 is 33.0 Å². The van der Waals surface area contributed by atoms with Crippen molar-refractivity contribution in [3.8, 4) is 0 Å². The van der Waals surface area contributed by atoms with E-state index in [0.717, 1.165) is 12.8 Å². The zero-order chi connectivity index (χ0) is 24.6. The van der Waals surface area contributed by atoms with E-state index >= 15 is 0 Å². The van der Waals surface area contributed by atoms with E-state index in [1.54, 1.807) is 25.2 Å². The minimum absolute atomic E-state index is 0.0641. The van der Waals surface area contributed by atoms with Crippen LogP contribution in [-0.4, -0.2) is 45.4 Å². The summed E-state index contributed by atoms with van der Waals surface area (Å²) in [6.07, 6.45) is 1.58. The van der Waals surface area contributed by atoms with Gasteiger partial charge < -0.3 is 9.30 Å². The Morgan fingerprint density at radius 3 is 2.74 bits per heavy atom. The number of hydrogen-bond acceptors (Lipinski definition) is 8. The molecule has 3 heterocycles. The predicted octanol–water partition coefficient (Wildman–Crippen LogP) is 0.394. The number of aromatic amines is 1. The van der Waals surface area contributed by atoms with Gasteiger partial charge in [0.2, 0.25) is 0 Å². The summed E-state index contributed by atoms with van der Waals surface area (Å²) >= 11 is 0. The van der Waals surface area contributed by atoms with Gasteiger partial charge in [0, 0.05) is 19.2 Å². The summed E-state index contributed by atoms with van der Waals surface area (Å²) in [5.74, 6) is -0.369. The molecule has 0 aliphatic carbocycles. The van der Waals surface area contributed by atoms with Crippen molar-refractivity contribution in [2.75, 3.05) is 0 Å². The van der Waals surface area contributed by atoms with Crippen LogP contribution in [0.2, 0.25) is 0 Å². The lowest BCUT2D eigenvalue weighted by molar-refractivity contribution is -0.146. The van der Waals surface area contributed by atoms with Crippen LogP contribution < -0.4 is 16.0 Å². The highest BCUT2D eigenvalue weighted by Gasteiger charge is 2.31. The molecule has 2 aromatic heterocycles. The second-order valence-electron chi connectivity index (χ2n) is 7.89. The molecular weight excluding hydrogens is 464 g/mol. The summed E-state index contributed by atoms with van der Waals surface area (Å²) in [4.78, 5) is 48.1. The number of carbonyl (C=O) groups excluding carboxylic acids is 1. The van der Waals surface area contributed by atoms with Crippen molar-refractivity contribution in [2.45, 2.75) is 50.8 Å². The number of benzene rings is 1. The Morgan fingerprint density at radius 1 is 1.26 bits per heavy atom. The first kappa shape index (κ1) is 23.4. The maximum atomic E-state index is 12.6. The summed E-state index contributed by atoms with van der Waals surface area (Å²) in [6.45, 7) is 3.59. The number of nitrogens with one attached hydrogen (secondary N) is 2. The molecule has 0 unspecified atom stereocenters. The standard InChI is InChI=1S/C21H24N6O6S/c1-4-5-10-27-18-16(19(28)24-21(27)30)26(3)15(23-18)11-33-20(29)12(2)22-17-13-8-6-7-9-14(13)34(31,32)25-17/h6-9,12H,4-5,10-11H2,1-3H3,(H,22,25)(H,24,28,30)/t12-/m0/s1. The van der Waals surface area contributed by atoms with E-state index in [4.69, 9.17) is 4.74 Å².